The molecule has 0 radical (unpaired) electrons. The van der Waals surface area contributed by atoms with Crippen molar-refractivity contribution in [3.8, 4) is 11.6 Å². The van der Waals surface area contributed by atoms with Crippen LogP contribution in [0.3, 0.4) is 0 Å². The molecule has 13 heteroatoms. The largest absolute Gasteiger partial charge is 0.439 e. The van der Waals surface area contributed by atoms with Gasteiger partial charge in [0.15, 0.2) is 0 Å². The lowest BCUT2D eigenvalue weighted by Crippen LogP contribution is -2.44. The van der Waals surface area contributed by atoms with Gasteiger partial charge in [-0.3, -0.25) is 9.36 Å². The number of nitrogens with zero attached hydrogens (tertiary/aromatic N) is 4. The summed E-state index contributed by atoms with van der Waals surface area (Å²) in [5.41, 5.74) is -0.150. The van der Waals surface area contributed by atoms with Gasteiger partial charge in [0.1, 0.15) is 17.9 Å². The SMILES string of the molecule is CC(=O)Nc1cc(Oc2ccc3c(ccn3C(=O)Nc3ccc(N4CCNCC4)c(C(F)(F)F)c3)c2)ncn1. The molecule has 5 rings (SSSR count). The molecule has 202 valence electrons. The molecule has 0 aliphatic carbocycles. The molecule has 10 nitrogen and oxygen atoms in total. The lowest BCUT2D eigenvalue weighted by atomic mass is 10.1. The first-order valence-electron chi connectivity index (χ1n) is 12.0. The molecule has 0 bridgehead atoms. The molecule has 0 atom stereocenters. The van der Waals surface area contributed by atoms with E-state index in [1.807, 2.05) is 0 Å². The number of piperazine rings is 1. The van der Waals surface area contributed by atoms with Crippen LogP contribution in [-0.4, -0.2) is 52.7 Å². The van der Waals surface area contributed by atoms with Crippen molar-refractivity contribution < 1.29 is 27.5 Å². The molecule has 1 aliphatic rings. The summed E-state index contributed by atoms with van der Waals surface area (Å²) in [5.74, 6) is 0.623. The summed E-state index contributed by atoms with van der Waals surface area (Å²) in [6, 6.07) is 11.3. The number of rotatable bonds is 5. The monoisotopic (exact) mass is 539 g/mol. The number of carbonyl (C=O) groups is 2. The number of benzene rings is 2. The number of nitrogens with one attached hydrogen (secondary N) is 3. The molecule has 39 heavy (non-hydrogen) atoms. The highest BCUT2D eigenvalue weighted by atomic mass is 19.4. The fourth-order valence-corrected chi connectivity index (χ4v) is 4.33. The molecule has 1 saturated heterocycles. The molecule has 1 fully saturated rings. The van der Waals surface area contributed by atoms with Gasteiger partial charge in [-0.2, -0.15) is 13.2 Å². The normalized spacial score (nSPS) is 13.8. The van der Waals surface area contributed by atoms with E-state index >= 15 is 0 Å². The topological polar surface area (TPSA) is 113 Å². The van der Waals surface area contributed by atoms with E-state index in [-0.39, 0.29) is 29.0 Å². The van der Waals surface area contributed by atoms with Gasteiger partial charge in [-0.1, -0.05) is 0 Å². The van der Waals surface area contributed by atoms with Crippen LogP contribution >= 0.6 is 0 Å². The maximum atomic E-state index is 13.9. The summed E-state index contributed by atoms with van der Waals surface area (Å²) in [6.07, 6.45) is -1.81. The molecule has 2 aromatic carbocycles. The van der Waals surface area contributed by atoms with Gasteiger partial charge in [-0.25, -0.2) is 14.8 Å². The minimum atomic E-state index is -4.58. The van der Waals surface area contributed by atoms with E-state index in [1.54, 1.807) is 29.2 Å². The fourth-order valence-electron chi connectivity index (χ4n) is 4.33. The van der Waals surface area contributed by atoms with Crippen molar-refractivity contribution in [2.24, 2.45) is 0 Å². The first kappa shape index (κ1) is 26.0. The zero-order valence-electron chi connectivity index (χ0n) is 20.7. The second-order valence-electron chi connectivity index (χ2n) is 8.83. The van der Waals surface area contributed by atoms with Crippen molar-refractivity contribution in [2.75, 3.05) is 41.7 Å². The molecule has 0 spiro atoms. The van der Waals surface area contributed by atoms with Crippen LogP contribution in [0.2, 0.25) is 0 Å². The zero-order chi connectivity index (χ0) is 27.6. The van der Waals surface area contributed by atoms with Crippen LogP contribution in [0.1, 0.15) is 12.5 Å². The minimum absolute atomic E-state index is 0.0340. The maximum Gasteiger partial charge on any atom is 0.418 e. The summed E-state index contributed by atoms with van der Waals surface area (Å²) >= 11 is 0. The minimum Gasteiger partial charge on any atom is -0.439 e. The number of alkyl halides is 3. The van der Waals surface area contributed by atoms with E-state index < -0.39 is 17.8 Å². The van der Waals surface area contributed by atoms with Crippen molar-refractivity contribution in [1.29, 1.82) is 0 Å². The van der Waals surface area contributed by atoms with Crippen LogP contribution in [0.5, 0.6) is 11.6 Å². The molecule has 0 unspecified atom stereocenters. The van der Waals surface area contributed by atoms with E-state index in [0.29, 0.717) is 42.8 Å². The lowest BCUT2D eigenvalue weighted by Gasteiger charge is -2.31. The Balaban J connectivity index is 1.34. The van der Waals surface area contributed by atoms with E-state index in [4.69, 9.17) is 4.74 Å². The molecule has 0 saturated carbocycles. The summed E-state index contributed by atoms with van der Waals surface area (Å²) < 4.78 is 48.7. The second kappa shape index (κ2) is 10.6. The highest BCUT2D eigenvalue weighted by Gasteiger charge is 2.35. The molecule has 2 amide bonds. The smallest absolute Gasteiger partial charge is 0.418 e. The highest BCUT2D eigenvalue weighted by molar-refractivity contribution is 5.99. The summed E-state index contributed by atoms with van der Waals surface area (Å²) in [6.45, 7) is 3.48. The Hall–Kier alpha value is -4.65. The number of fused-ring (bicyclic) bond motifs is 1. The highest BCUT2D eigenvalue weighted by Crippen LogP contribution is 2.38. The lowest BCUT2D eigenvalue weighted by molar-refractivity contribution is -0.137. The van der Waals surface area contributed by atoms with Crippen LogP contribution in [0.4, 0.5) is 35.2 Å². The number of halogens is 3. The average Bonchev–Trinajstić information content (AvgIpc) is 3.32. The van der Waals surface area contributed by atoms with Gasteiger partial charge in [0, 0.05) is 62.1 Å². The Morgan fingerprint density at radius 3 is 2.54 bits per heavy atom. The molecule has 3 heterocycles. The Morgan fingerprint density at radius 2 is 1.79 bits per heavy atom. The van der Waals surface area contributed by atoms with Crippen molar-refractivity contribution in [3.05, 3.63) is 66.6 Å². The maximum absolute atomic E-state index is 13.9. The quantitative estimate of drug-likeness (QED) is 0.337. The number of hydrogen-bond donors (Lipinski definition) is 3. The van der Waals surface area contributed by atoms with Crippen LogP contribution in [-0.2, 0) is 11.0 Å². The van der Waals surface area contributed by atoms with Crippen molar-refractivity contribution in [3.63, 3.8) is 0 Å². The van der Waals surface area contributed by atoms with Crippen molar-refractivity contribution >= 4 is 40.0 Å². The molecule has 1 aliphatic heterocycles. The molecule has 3 N–H and O–H groups in total. The van der Waals surface area contributed by atoms with E-state index in [0.717, 1.165) is 6.07 Å². The van der Waals surface area contributed by atoms with Gasteiger partial charge in [-0.05, 0) is 42.5 Å². The number of anilines is 3. The summed E-state index contributed by atoms with van der Waals surface area (Å²) in [7, 11) is 0. The average molecular weight is 540 g/mol. The van der Waals surface area contributed by atoms with Gasteiger partial charge in [0.2, 0.25) is 11.8 Å². The zero-order valence-corrected chi connectivity index (χ0v) is 20.7. The Bertz CT molecular complexity index is 1530. The van der Waals surface area contributed by atoms with Crippen LogP contribution in [0.15, 0.2) is 61.1 Å². The van der Waals surface area contributed by atoms with Gasteiger partial charge < -0.3 is 25.6 Å². The Morgan fingerprint density at radius 1 is 1.00 bits per heavy atom. The first-order chi connectivity index (χ1) is 18.7. The van der Waals surface area contributed by atoms with Gasteiger partial charge in [0.05, 0.1) is 11.1 Å². The standard InChI is InChI=1S/C26H24F3N7O3/c1-16(37)33-23-14-24(32-15-31-23)39-19-3-5-21-17(12-19)6-9-36(21)25(38)34-18-2-4-22(20(13-18)26(27,28)29)35-10-7-30-8-11-35/h2-6,9,12-15,30H,7-8,10-11H2,1H3,(H,34,38)(H,31,32,33,37). The Labute approximate surface area is 220 Å². The molecule has 2 aromatic heterocycles. The molecular formula is C26H24F3N7O3. The fraction of sp³-hybridized carbons (Fsp3) is 0.231. The van der Waals surface area contributed by atoms with Gasteiger partial charge in [0.25, 0.3) is 0 Å². The predicted molar refractivity (Wildman–Crippen MR) is 139 cm³/mol. The van der Waals surface area contributed by atoms with Gasteiger partial charge >= 0.3 is 12.2 Å². The van der Waals surface area contributed by atoms with E-state index in [1.165, 1.54) is 42.2 Å². The van der Waals surface area contributed by atoms with Crippen LogP contribution in [0.25, 0.3) is 10.9 Å². The Kier molecular flexibility index (Phi) is 7.07. The third-order valence-electron chi connectivity index (χ3n) is 6.06. The van der Waals surface area contributed by atoms with Crippen molar-refractivity contribution in [2.45, 2.75) is 13.1 Å². The predicted octanol–water partition coefficient (Wildman–Crippen LogP) is 4.69. The summed E-state index contributed by atoms with van der Waals surface area (Å²) in [4.78, 5) is 33.9. The third kappa shape index (κ3) is 5.93. The number of aromatic nitrogens is 3. The number of amides is 2. The second-order valence-corrected chi connectivity index (χ2v) is 8.83. The molecular weight excluding hydrogens is 515 g/mol. The van der Waals surface area contributed by atoms with E-state index in [2.05, 4.69) is 25.9 Å². The number of ether oxygens (including phenoxy) is 1. The first-order valence-corrected chi connectivity index (χ1v) is 12.0. The van der Waals surface area contributed by atoms with Crippen LogP contribution in [0, 0.1) is 0 Å². The number of carbonyl (C=O) groups excluding carboxylic acids is 2. The molecule has 4 aromatic rings. The van der Waals surface area contributed by atoms with E-state index in [9.17, 15) is 22.8 Å². The van der Waals surface area contributed by atoms with Gasteiger partial charge in [-0.15, -0.1) is 0 Å². The van der Waals surface area contributed by atoms with Crippen LogP contribution < -0.4 is 25.6 Å². The van der Waals surface area contributed by atoms with Crippen molar-refractivity contribution in [1.82, 2.24) is 19.9 Å². The third-order valence-corrected chi connectivity index (χ3v) is 6.06. The summed E-state index contributed by atoms with van der Waals surface area (Å²) in [5, 5.41) is 8.89. The number of hydrogen-bond acceptors (Lipinski definition) is 7.